The Morgan fingerprint density at radius 3 is 2.68 bits per heavy atom. The molecule has 0 aliphatic carbocycles. The van der Waals surface area contributed by atoms with Gasteiger partial charge in [0.1, 0.15) is 6.61 Å². The molecule has 164 valence electrons. The number of likely N-dealkylation sites (tertiary alicyclic amines) is 1. The first-order valence-electron chi connectivity index (χ1n) is 10.6. The van der Waals surface area contributed by atoms with Crippen LogP contribution in [0.2, 0.25) is 0 Å². The Labute approximate surface area is 182 Å². The lowest BCUT2D eigenvalue weighted by Gasteiger charge is -2.39. The Morgan fingerprint density at radius 2 is 1.97 bits per heavy atom. The maximum atomic E-state index is 12.7. The van der Waals surface area contributed by atoms with Gasteiger partial charge >= 0.3 is 0 Å². The molecule has 2 aliphatic rings. The average molecular weight is 424 g/mol. The fourth-order valence-corrected chi connectivity index (χ4v) is 4.82. The van der Waals surface area contributed by atoms with Gasteiger partial charge in [-0.3, -0.25) is 9.59 Å². The minimum Gasteiger partial charge on any atom is -0.394 e. The Bertz CT molecular complexity index is 991. The molecule has 2 amide bonds. The maximum Gasteiger partial charge on any atom is 0.253 e. The van der Waals surface area contributed by atoms with Crippen molar-refractivity contribution in [1.29, 1.82) is 0 Å². The summed E-state index contributed by atoms with van der Waals surface area (Å²) in [5, 5.41) is 13.4. The number of ether oxygens (including phenoxy) is 1. The fourth-order valence-electron chi connectivity index (χ4n) is 4.82. The van der Waals surface area contributed by atoms with Crippen LogP contribution in [0, 0.1) is 5.92 Å². The van der Waals surface area contributed by atoms with E-state index in [2.05, 4.69) is 11.4 Å². The van der Waals surface area contributed by atoms with Crippen LogP contribution in [0.1, 0.15) is 28.4 Å². The van der Waals surface area contributed by atoms with Crippen LogP contribution in [0.15, 0.2) is 42.5 Å². The van der Waals surface area contributed by atoms with Crippen LogP contribution in [-0.4, -0.2) is 73.7 Å². The van der Waals surface area contributed by atoms with Gasteiger partial charge in [-0.25, -0.2) is 0 Å². The number of amides is 2. The quantitative estimate of drug-likeness (QED) is 0.772. The summed E-state index contributed by atoms with van der Waals surface area (Å²) in [6.07, 6.45) is 0.828. The van der Waals surface area contributed by atoms with E-state index in [1.165, 1.54) is 7.11 Å². The zero-order chi connectivity index (χ0) is 22.1. The number of carbonyl (C=O) groups excluding carboxylic acids is 2. The third-order valence-corrected chi connectivity index (χ3v) is 6.31. The van der Waals surface area contributed by atoms with Gasteiger partial charge in [0.15, 0.2) is 0 Å². The molecule has 0 unspecified atom stereocenters. The Morgan fingerprint density at radius 1 is 1.19 bits per heavy atom. The van der Waals surface area contributed by atoms with E-state index in [0.29, 0.717) is 12.1 Å². The third kappa shape index (κ3) is 3.91. The molecule has 7 nitrogen and oxygen atoms in total. The first-order valence-corrected chi connectivity index (χ1v) is 10.6. The molecule has 2 heterocycles. The molecular weight excluding hydrogens is 394 g/mol. The molecule has 0 radical (unpaired) electrons. The number of aliphatic hydroxyl groups is 1. The van der Waals surface area contributed by atoms with Gasteiger partial charge in [0.05, 0.1) is 18.7 Å². The van der Waals surface area contributed by atoms with Crippen molar-refractivity contribution in [3.63, 3.8) is 0 Å². The molecule has 4 rings (SSSR count). The van der Waals surface area contributed by atoms with Crippen molar-refractivity contribution in [3.8, 4) is 11.1 Å². The van der Waals surface area contributed by atoms with Crippen molar-refractivity contribution >= 4 is 17.5 Å². The van der Waals surface area contributed by atoms with E-state index < -0.39 is 0 Å². The van der Waals surface area contributed by atoms with Gasteiger partial charge in [0.25, 0.3) is 5.91 Å². The summed E-state index contributed by atoms with van der Waals surface area (Å²) in [5.41, 5.74) is 4.54. The van der Waals surface area contributed by atoms with Crippen LogP contribution in [-0.2, 0) is 9.53 Å². The van der Waals surface area contributed by atoms with Crippen molar-refractivity contribution in [3.05, 3.63) is 53.6 Å². The van der Waals surface area contributed by atoms with Crippen molar-refractivity contribution in [2.24, 2.45) is 5.92 Å². The van der Waals surface area contributed by atoms with Gasteiger partial charge in [0.2, 0.25) is 5.91 Å². The summed E-state index contributed by atoms with van der Waals surface area (Å²) in [5.74, 6) is 0.0539. The number of nitrogens with one attached hydrogen (secondary N) is 1. The number of hydrogen-bond donors (Lipinski definition) is 2. The molecule has 0 bridgehead atoms. The number of hydrogen-bond acceptors (Lipinski definition) is 5. The number of benzene rings is 2. The number of rotatable bonds is 5. The summed E-state index contributed by atoms with van der Waals surface area (Å²) < 4.78 is 5.09. The van der Waals surface area contributed by atoms with Crippen LogP contribution in [0.3, 0.4) is 0 Å². The van der Waals surface area contributed by atoms with Gasteiger partial charge in [0, 0.05) is 44.9 Å². The zero-order valence-corrected chi connectivity index (χ0v) is 18.2. The molecule has 7 heteroatoms. The first kappa shape index (κ1) is 21.3. The number of methoxy groups -OCH3 is 1. The third-order valence-electron chi connectivity index (χ3n) is 6.31. The van der Waals surface area contributed by atoms with E-state index in [1.807, 2.05) is 41.3 Å². The summed E-state index contributed by atoms with van der Waals surface area (Å²) in [7, 11) is 5.00. The van der Waals surface area contributed by atoms with Crippen molar-refractivity contribution in [2.75, 3.05) is 46.3 Å². The van der Waals surface area contributed by atoms with E-state index in [1.54, 1.807) is 19.0 Å². The van der Waals surface area contributed by atoms with Crippen molar-refractivity contribution < 1.29 is 19.4 Å². The molecular formula is C24H29N3O4. The Kier molecular flexibility index (Phi) is 5.98. The monoisotopic (exact) mass is 423 g/mol. The molecule has 2 aromatic rings. The van der Waals surface area contributed by atoms with Crippen LogP contribution >= 0.6 is 0 Å². The molecule has 0 aromatic heterocycles. The minimum absolute atomic E-state index is 0.0172. The topological polar surface area (TPSA) is 82.1 Å². The lowest BCUT2D eigenvalue weighted by Crippen LogP contribution is -2.43. The van der Waals surface area contributed by atoms with Gasteiger partial charge in [-0.05, 0) is 47.4 Å². The van der Waals surface area contributed by atoms with Crippen LogP contribution < -0.4 is 5.32 Å². The second-order valence-corrected chi connectivity index (χ2v) is 8.43. The number of aliphatic hydroxyl groups excluding tert-OH is 1. The van der Waals surface area contributed by atoms with Gasteiger partial charge in [-0.15, -0.1) is 0 Å². The predicted molar refractivity (Wildman–Crippen MR) is 119 cm³/mol. The second-order valence-electron chi connectivity index (χ2n) is 8.43. The number of carbonyl (C=O) groups is 2. The number of anilines is 1. The smallest absolute Gasteiger partial charge is 0.253 e. The van der Waals surface area contributed by atoms with Crippen LogP contribution in [0.25, 0.3) is 11.1 Å². The van der Waals surface area contributed by atoms with Crippen LogP contribution in [0.5, 0.6) is 0 Å². The van der Waals surface area contributed by atoms with Gasteiger partial charge in [-0.1, -0.05) is 18.2 Å². The minimum atomic E-state index is -0.109. The second kappa shape index (κ2) is 8.69. The lowest BCUT2D eigenvalue weighted by atomic mass is 9.82. The first-order chi connectivity index (χ1) is 14.9. The highest BCUT2D eigenvalue weighted by atomic mass is 16.5. The number of nitrogens with zero attached hydrogens (tertiary/aromatic N) is 2. The van der Waals surface area contributed by atoms with E-state index in [4.69, 9.17) is 4.74 Å². The van der Waals surface area contributed by atoms with Crippen molar-refractivity contribution in [2.45, 2.75) is 18.5 Å². The highest BCUT2D eigenvalue weighted by molar-refractivity contribution is 5.95. The molecule has 2 aromatic carbocycles. The molecule has 2 N–H and O–H groups in total. The summed E-state index contributed by atoms with van der Waals surface area (Å²) in [6.45, 7) is 0.708. The fraction of sp³-hybridized carbons (Fsp3) is 0.417. The average Bonchev–Trinajstić information content (AvgIpc) is 3.23. The normalized spacial score (nSPS) is 21.8. The maximum absolute atomic E-state index is 12.7. The molecule has 2 aliphatic heterocycles. The summed E-state index contributed by atoms with van der Waals surface area (Å²) in [4.78, 5) is 28.6. The van der Waals surface area contributed by atoms with E-state index in [9.17, 15) is 14.7 Å². The molecule has 1 saturated heterocycles. The number of fused-ring (bicyclic) bond motifs is 3. The SMILES string of the molecule is COCC(=O)N1CC[C@@H]2[C@@H](CO)Nc3ccc(-c4cccc(C(=O)N(C)C)c4)cc3[C@@H]21. The largest absolute Gasteiger partial charge is 0.394 e. The van der Waals surface area contributed by atoms with Gasteiger partial charge in [-0.2, -0.15) is 0 Å². The standard InChI is InChI=1S/C24H29N3O4/c1-26(2)24(30)17-6-4-5-15(11-17)16-7-8-20-19(12-16)23-18(21(13-28)25-20)9-10-27(23)22(29)14-31-3/h4-8,11-12,18,21,23,25,28H,9-10,13-14H2,1-3H3/t18-,21-,23-/m1/s1. The summed E-state index contributed by atoms with van der Waals surface area (Å²) in [6, 6.07) is 13.5. The Hall–Kier alpha value is -2.90. The van der Waals surface area contributed by atoms with Crippen molar-refractivity contribution in [1.82, 2.24) is 9.80 Å². The summed E-state index contributed by atoms with van der Waals surface area (Å²) >= 11 is 0. The van der Waals surface area contributed by atoms with Gasteiger partial charge < -0.3 is 25.0 Å². The van der Waals surface area contributed by atoms with E-state index in [-0.39, 0.29) is 43.0 Å². The Balaban J connectivity index is 1.74. The molecule has 1 fully saturated rings. The molecule has 3 atom stereocenters. The lowest BCUT2D eigenvalue weighted by molar-refractivity contribution is -0.136. The van der Waals surface area contributed by atoms with E-state index >= 15 is 0 Å². The van der Waals surface area contributed by atoms with E-state index in [0.717, 1.165) is 28.8 Å². The van der Waals surface area contributed by atoms with Crippen LogP contribution in [0.4, 0.5) is 5.69 Å². The zero-order valence-electron chi connectivity index (χ0n) is 18.2. The predicted octanol–water partition coefficient (Wildman–Crippen LogP) is 2.38. The molecule has 0 spiro atoms. The highest BCUT2D eigenvalue weighted by Gasteiger charge is 2.45. The molecule has 31 heavy (non-hydrogen) atoms. The molecule has 0 saturated carbocycles. The highest BCUT2D eigenvalue weighted by Crippen LogP contribution is 2.47.